The van der Waals surface area contributed by atoms with Crippen LogP contribution < -0.4 is 9.73 Å². The second kappa shape index (κ2) is 10.3. The minimum Gasteiger partial charge on any atom is -0.271 e. The first kappa shape index (κ1) is 24.0. The lowest BCUT2D eigenvalue weighted by Crippen LogP contribution is -2.39. The molecule has 0 saturated heterocycles. The molecule has 0 bridgehead atoms. The summed E-state index contributed by atoms with van der Waals surface area (Å²) in [6.07, 6.45) is 1.23. The van der Waals surface area contributed by atoms with Gasteiger partial charge in [0.05, 0.1) is 21.7 Å². The van der Waals surface area contributed by atoms with Gasteiger partial charge < -0.3 is 0 Å². The largest absolute Gasteiger partial charge is 0.289 e. The van der Waals surface area contributed by atoms with Crippen LogP contribution in [0.3, 0.4) is 0 Å². The SMILES string of the molecule is O=C(CN(c1ccccc1)S(=O)(=O)c1ccccc1[N+](=O)[O-])N/N=C/c1ccc([N+](=O)[O-])cc1. The molecule has 3 rings (SSSR count). The van der Waals surface area contributed by atoms with Crippen LogP contribution in [0, 0.1) is 20.2 Å². The molecule has 0 aliphatic rings. The molecule has 1 amide bonds. The molecule has 1 N–H and O–H groups in total. The summed E-state index contributed by atoms with van der Waals surface area (Å²) >= 11 is 0. The zero-order valence-corrected chi connectivity index (χ0v) is 18.2. The molecule has 0 fully saturated rings. The number of nitrogens with zero attached hydrogens (tertiary/aromatic N) is 4. The number of rotatable bonds is 9. The van der Waals surface area contributed by atoms with E-state index >= 15 is 0 Å². The standard InChI is InChI=1S/C21H17N5O7S/c27-21(23-22-14-16-10-12-18(13-11-16)25(28)29)15-24(17-6-2-1-3-7-17)34(32,33)20-9-5-4-8-19(20)26(30)31/h1-14H,15H2,(H,23,27)/b22-14+. The number of amides is 1. The van der Waals surface area contributed by atoms with Gasteiger partial charge in [-0.05, 0) is 35.9 Å². The van der Waals surface area contributed by atoms with Gasteiger partial charge >= 0.3 is 0 Å². The van der Waals surface area contributed by atoms with Crippen molar-refractivity contribution in [3.8, 4) is 0 Å². The Kier molecular flexibility index (Phi) is 7.28. The van der Waals surface area contributed by atoms with E-state index < -0.39 is 42.9 Å². The second-order valence-corrected chi connectivity index (χ2v) is 8.54. The third-order valence-corrected chi connectivity index (χ3v) is 6.29. The van der Waals surface area contributed by atoms with Crippen LogP contribution in [0.15, 0.2) is 88.9 Å². The highest BCUT2D eigenvalue weighted by molar-refractivity contribution is 7.93. The van der Waals surface area contributed by atoms with Crippen molar-refractivity contribution in [2.45, 2.75) is 4.90 Å². The van der Waals surface area contributed by atoms with E-state index in [0.717, 1.165) is 16.4 Å². The van der Waals surface area contributed by atoms with Crippen LogP contribution in [0.2, 0.25) is 0 Å². The van der Waals surface area contributed by atoms with Crippen molar-refractivity contribution in [1.82, 2.24) is 5.43 Å². The highest BCUT2D eigenvalue weighted by atomic mass is 32.2. The topological polar surface area (TPSA) is 165 Å². The van der Waals surface area contributed by atoms with Crippen molar-refractivity contribution in [3.05, 3.63) is 105 Å². The highest BCUT2D eigenvalue weighted by Crippen LogP contribution is 2.29. The lowest BCUT2D eigenvalue weighted by molar-refractivity contribution is -0.387. The predicted octanol–water partition coefficient (Wildman–Crippen LogP) is 2.85. The Morgan fingerprint density at radius 2 is 1.53 bits per heavy atom. The van der Waals surface area contributed by atoms with E-state index in [4.69, 9.17) is 0 Å². The van der Waals surface area contributed by atoms with Gasteiger partial charge in [0.2, 0.25) is 0 Å². The molecule has 12 nitrogen and oxygen atoms in total. The summed E-state index contributed by atoms with van der Waals surface area (Å²) in [5.41, 5.74) is 2.03. The van der Waals surface area contributed by atoms with Crippen molar-refractivity contribution in [2.75, 3.05) is 10.8 Å². The minimum absolute atomic E-state index is 0.111. The molecule has 0 saturated carbocycles. The molecule has 0 spiro atoms. The number of carbonyl (C=O) groups is 1. The molecular weight excluding hydrogens is 466 g/mol. The van der Waals surface area contributed by atoms with Gasteiger partial charge in [-0.15, -0.1) is 0 Å². The number of benzene rings is 3. The Labute approximate surface area is 193 Å². The Balaban J connectivity index is 1.84. The molecule has 0 radical (unpaired) electrons. The average Bonchev–Trinajstić information content (AvgIpc) is 2.83. The zero-order valence-electron chi connectivity index (χ0n) is 17.3. The molecule has 3 aromatic carbocycles. The first-order chi connectivity index (χ1) is 16.2. The van der Waals surface area contributed by atoms with E-state index in [1.54, 1.807) is 18.2 Å². The van der Waals surface area contributed by atoms with Crippen molar-refractivity contribution >= 4 is 39.2 Å². The van der Waals surface area contributed by atoms with Gasteiger partial charge in [0, 0.05) is 18.2 Å². The monoisotopic (exact) mass is 483 g/mol. The van der Waals surface area contributed by atoms with Crippen LogP contribution in [0.1, 0.15) is 5.56 Å². The molecule has 174 valence electrons. The smallest absolute Gasteiger partial charge is 0.271 e. The number of nitro groups is 2. The lowest BCUT2D eigenvalue weighted by atomic mass is 10.2. The quantitative estimate of drug-likeness (QED) is 0.277. The highest BCUT2D eigenvalue weighted by Gasteiger charge is 2.33. The van der Waals surface area contributed by atoms with Crippen molar-refractivity contribution in [2.24, 2.45) is 5.10 Å². The number of carbonyl (C=O) groups excluding carboxylic acids is 1. The summed E-state index contributed by atoms with van der Waals surface area (Å²) in [6, 6.07) is 17.8. The molecule has 3 aromatic rings. The maximum Gasteiger partial charge on any atom is 0.289 e. The second-order valence-electron chi connectivity index (χ2n) is 6.71. The van der Waals surface area contributed by atoms with Crippen LogP contribution in [0.25, 0.3) is 0 Å². The molecule has 0 aliphatic carbocycles. The summed E-state index contributed by atoms with van der Waals surface area (Å²) in [5.74, 6) is -0.816. The Hall–Kier alpha value is -4.65. The molecule has 13 heteroatoms. The average molecular weight is 483 g/mol. The van der Waals surface area contributed by atoms with E-state index in [0.29, 0.717) is 5.56 Å². The Bertz CT molecular complexity index is 1340. The lowest BCUT2D eigenvalue weighted by Gasteiger charge is -2.23. The number of hydrogen-bond acceptors (Lipinski definition) is 8. The van der Waals surface area contributed by atoms with E-state index in [-0.39, 0.29) is 11.4 Å². The number of hydrogen-bond donors (Lipinski definition) is 1. The summed E-state index contributed by atoms with van der Waals surface area (Å²) in [4.78, 5) is 32.6. The molecule has 0 aromatic heterocycles. The summed E-state index contributed by atoms with van der Waals surface area (Å²) in [5, 5.41) is 25.8. The fraction of sp³-hybridized carbons (Fsp3) is 0.0476. The molecule has 0 aliphatic heterocycles. The van der Waals surface area contributed by atoms with Crippen LogP contribution in [0.5, 0.6) is 0 Å². The summed E-state index contributed by atoms with van der Waals surface area (Å²) < 4.78 is 27.4. The number of para-hydroxylation sites is 2. The fourth-order valence-corrected chi connectivity index (χ4v) is 4.46. The van der Waals surface area contributed by atoms with Crippen LogP contribution in [-0.2, 0) is 14.8 Å². The van der Waals surface area contributed by atoms with Crippen molar-refractivity contribution in [3.63, 3.8) is 0 Å². The van der Waals surface area contributed by atoms with Crippen LogP contribution in [-0.4, -0.2) is 36.9 Å². The zero-order chi connectivity index (χ0) is 24.7. The van der Waals surface area contributed by atoms with Crippen LogP contribution in [0.4, 0.5) is 17.1 Å². The van der Waals surface area contributed by atoms with Gasteiger partial charge in [0.1, 0.15) is 6.54 Å². The van der Waals surface area contributed by atoms with Gasteiger partial charge in [-0.2, -0.15) is 5.10 Å². The van der Waals surface area contributed by atoms with Crippen molar-refractivity contribution in [1.29, 1.82) is 0 Å². The molecular formula is C21H17N5O7S. The van der Waals surface area contributed by atoms with Crippen molar-refractivity contribution < 1.29 is 23.1 Å². The number of anilines is 1. The van der Waals surface area contributed by atoms with Gasteiger partial charge in [-0.25, -0.2) is 13.8 Å². The first-order valence-corrected chi connectivity index (χ1v) is 11.0. The summed E-state index contributed by atoms with van der Waals surface area (Å²) in [6.45, 7) is -0.712. The minimum atomic E-state index is -4.50. The third kappa shape index (κ3) is 5.58. The number of hydrazone groups is 1. The molecule has 0 heterocycles. The maximum atomic E-state index is 13.3. The van der Waals surface area contributed by atoms with E-state index in [2.05, 4.69) is 10.5 Å². The number of non-ortho nitro benzene ring substituents is 1. The Morgan fingerprint density at radius 1 is 0.912 bits per heavy atom. The van der Waals surface area contributed by atoms with E-state index in [9.17, 15) is 33.4 Å². The van der Waals surface area contributed by atoms with Crippen LogP contribution >= 0.6 is 0 Å². The van der Waals surface area contributed by atoms with E-state index in [1.807, 2.05) is 0 Å². The predicted molar refractivity (Wildman–Crippen MR) is 123 cm³/mol. The normalized spacial score (nSPS) is 11.2. The fourth-order valence-electron chi connectivity index (χ4n) is 2.88. The van der Waals surface area contributed by atoms with Gasteiger partial charge in [0.15, 0.2) is 4.90 Å². The third-order valence-electron chi connectivity index (χ3n) is 4.47. The number of nitro benzene ring substituents is 2. The maximum absolute atomic E-state index is 13.3. The van der Waals surface area contributed by atoms with E-state index in [1.165, 1.54) is 54.7 Å². The summed E-state index contributed by atoms with van der Waals surface area (Å²) in [7, 11) is -4.50. The number of sulfonamides is 1. The Morgan fingerprint density at radius 3 is 2.15 bits per heavy atom. The number of nitrogens with one attached hydrogen (secondary N) is 1. The molecule has 0 unspecified atom stereocenters. The van der Waals surface area contributed by atoms with Gasteiger partial charge in [-0.3, -0.25) is 29.3 Å². The molecule has 34 heavy (non-hydrogen) atoms. The first-order valence-electron chi connectivity index (χ1n) is 9.57. The molecule has 0 atom stereocenters. The van der Waals surface area contributed by atoms with Gasteiger partial charge in [0.25, 0.3) is 27.3 Å². The van der Waals surface area contributed by atoms with Gasteiger partial charge in [-0.1, -0.05) is 30.3 Å².